The first-order chi connectivity index (χ1) is 16.4. The number of nitrogens with zero attached hydrogens (tertiary/aromatic N) is 3. The van der Waals surface area contributed by atoms with Gasteiger partial charge in [-0.25, -0.2) is 0 Å². The van der Waals surface area contributed by atoms with Gasteiger partial charge in [-0.05, 0) is 49.9 Å². The summed E-state index contributed by atoms with van der Waals surface area (Å²) in [4.78, 5) is 31.1. The van der Waals surface area contributed by atoms with Crippen LogP contribution in [0.2, 0.25) is 5.02 Å². The molecule has 0 spiro atoms. The zero-order valence-corrected chi connectivity index (χ0v) is 21.3. The van der Waals surface area contributed by atoms with Crippen molar-refractivity contribution in [1.29, 1.82) is 0 Å². The van der Waals surface area contributed by atoms with Crippen molar-refractivity contribution in [1.82, 2.24) is 14.4 Å². The number of amides is 1. The molecule has 8 heteroatoms. The third-order valence-electron chi connectivity index (χ3n) is 6.38. The average molecular weight is 499 g/mol. The molecule has 6 nitrogen and oxygen atoms in total. The number of aromatic nitrogens is 1. The van der Waals surface area contributed by atoms with Crippen LogP contribution in [0, 0.1) is 13.8 Å². The molecule has 4 rings (SSSR count). The molecule has 1 aliphatic rings. The number of hydrogen-bond acceptors (Lipinski definition) is 5. The lowest BCUT2D eigenvalue weighted by Crippen LogP contribution is -2.49. The number of carbonyl (C=O) groups excluding carboxylic acids is 2. The van der Waals surface area contributed by atoms with E-state index in [2.05, 4.69) is 44.1 Å². The molecule has 1 N–H and O–H groups in total. The Morgan fingerprint density at radius 3 is 2.38 bits per heavy atom. The van der Waals surface area contributed by atoms with Crippen LogP contribution in [-0.2, 0) is 17.8 Å². The monoisotopic (exact) mass is 498 g/mol. The Morgan fingerprint density at radius 2 is 1.71 bits per heavy atom. The second-order valence-corrected chi connectivity index (χ2v) is 10.2. The van der Waals surface area contributed by atoms with Gasteiger partial charge in [0.2, 0.25) is 5.91 Å². The van der Waals surface area contributed by atoms with Gasteiger partial charge in [0.25, 0.3) is 0 Å². The van der Waals surface area contributed by atoms with Crippen molar-refractivity contribution in [3.63, 3.8) is 0 Å². The predicted molar refractivity (Wildman–Crippen MR) is 139 cm³/mol. The molecule has 3 heterocycles. The van der Waals surface area contributed by atoms with E-state index in [-0.39, 0.29) is 11.7 Å². The number of hydrogen-bond donors (Lipinski definition) is 1. The van der Waals surface area contributed by atoms with Crippen molar-refractivity contribution in [3.8, 4) is 0 Å². The summed E-state index contributed by atoms with van der Waals surface area (Å²) in [6, 6.07) is 13.5. The molecule has 180 valence electrons. The maximum atomic E-state index is 13.1. The van der Waals surface area contributed by atoms with Crippen LogP contribution in [0.1, 0.15) is 26.6 Å². The lowest BCUT2D eigenvalue weighted by molar-refractivity contribution is -0.117. The van der Waals surface area contributed by atoms with Crippen molar-refractivity contribution in [3.05, 3.63) is 74.7 Å². The minimum Gasteiger partial charge on any atom is -0.348 e. The number of benzene rings is 1. The van der Waals surface area contributed by atoms with Crippen LogP contribution in [0.3, 0.4) is 0 Å². The van der Waals surface area contributed by atoms with E-state index in [4.69, 9.17) is 11.6 Å². The van der Waals surface area contributed by atoms with E-state index in [0.29, 0.717) is 23.8 Å². The quantitative estimate of drug-likeness (QED) is 0.441. The molecule has 1 aromatic carbocycles. The van der Waals surface area contributed by atoms with Crippen molar-refractivity contribution in [2.45, 2.75) is 26.8 Å². The van der Waals surface area contributed by atoms with E-state index in [1.807, 2.05) is 25.1 Å². The topological polar surface area (TPSA) is 57.6 Å². The van der Waals surface area contributed by atoms with Gasteiger partial charge in [0, 0.05) is 54.6 Å². The number of piperazine rings is 1. The SMILES string of the molecule is Cc1cc(C(=O)CN2CCN(CC(=O)Nc3ccccc3Cl)CC2)c(C)n1CCc1cccs1. The Kier molecular flexibility index (Phi) is 8.21. The van der Waals surface area contributed by atoms with Gasteiger partial charge in [-0.3, -0.25) is 19.4 Å². The molecule has 1 amide bonds. The molecule has 1 aliphatic heterocycles. The summed E-state index contributed by atoms with van der Waals surface area (Å²) in [6.45, 7) is 8.78. The highest BCUT2D eigenvalue weighted by Gasteiger charge is 2.23. The number of nitrogens with one attached hydrogen (secondary N) is 1. The fourth-order valence-corrected chi connectivity index (χ4v) is 5.33. The summed E-state index contributed by atoms with van der Waals surface area (Å²) < 4.78 is 2.25. The van der Waals surface area contributed by atoms with Gasteiger partial charge in [0.15, 0.2) is 5.78 Å². The van der Waals surface area contributed by atoms with E-state index in [1.54, 1.807) is 23.5 Å². The van der Waals surface area contributed by atoms with Gasteiger partial charge >= 0.3 is 0 Å². The summed E-state index contributed by atoms with van der Waals surface area (Å²) in [5.41, 5.74) is 3.64. The molecular weight excluding hydrogens is 468 g/mol. The number of anilines is 1. The number of rotatable bonds is 9. The van der Waals surface area contributed by atoms with Gasteiger partial charge in [-0.15, -0.1) is 11.3 Å². The summed E-state index contributed by atoms with van der Waals surface area (Å²) in [6.07, 6.45) is 0.980. The van der Waals surface area contributed by atoms with Gasteiger partial charge in [-0.2, -0.15) is 0 Å². The van der Waals surface area contributed by atoms with Crippen LogP contribution >= 0.6 is 22.9 Å². The Hall–Kier alpha value is -2.45. The van der Waals surface area contributed by atoms with E-state index in [9.17, 15) is 9.59 Å². The van der Waals surface area contributed by atoms with Crippen molar-refractivity contribution in [2.75, 3.05) is 44.6 Å². The van der Waals surface area contributed by atoms with Crippen LogP contribution < -0.4 is 5.32 Å². The molecule has 3 aromatic rings. The molecule has 0 aliphatic carbocycles. The second-order valence-electron chi connectivity index (χ2n) is 8.77. The molecule has 1 fully saturated rings. The molecule has 0 atom stereocenters. The molecule has 2 aromatic heterocycles. The standard InChI is InChI=1S/C26H31ClN4O2S/c1-19-16-22(20(2)31(19)10-9-21-6-5-15-34-21)25(32)17-29-11-13-30(14-12-29)18-26(33)28-24-8-4-3-7-23(24)27/h3-8,15-16H,9-14,17-18H2,1-2H3,(H,28,33). The van der Waals surface area contributed by atoms with Crippen LogP contribution in [0.15, 0.2) is 47.8 Å². The molecule has 34 heavy (non-hydrogen) atoms. The van der Waals surface area contributed by atoms with E-state index < -0.39 is 0 Å². The third kappa shape index (κ3) is 6.16. The normalized spacial score (nSPS) is 14.9. The maximum absolute atomic E-state index is 13.1. The highest BCUT2D eigenvalue weighted by Crippen LogP contribution is 2.21. The first kappa shape index (κ1) is 24.7. The van der Waals surface area contributed by atoms with Crippen LogP contribution in [0.4, 0.5) is 5.69 Å². The average Bonchev–Trinajstić information content (AvgIpc) is 3.43. The van der Waals surface area contributed by atoms with Crippen LogP contribution in [0.25, 0.3) is 0 Å². The largest absolute Gasteiger partial charge is 0.348 e. The van der Waals surface area contributed by atoms with Crippen LogP contribution in [0.5, 0.6) is 0 Å². The number of carbonyl (C=O) groups is 2. The van der Waals surface area contributed by atoms with Gasteiger partial charge in [0.05, 0.1) is 23.8 Å². The Bertz CT molecular complexity index is 1130. The fourth-order valence-electron chi connectivity index (χ4n) is 4.45. The highest BCUT2D eigenvalue weighted by molar-refractivity contribution is 7.09. The van der Waals surface area contributed by atoms with Gasteiger partial charge < -0.3 is 9.88 Å². The summed E-state index contributed by atoms with van der Waals surface area (Å²) in [5.74, 6) is 0.0907. The first-order valence-corrected chi connectivity index (χ1v) is 12.9. The van der Waals surface area contributed by atoms with E-state index in [0.717, 1.165) is 56.1 Å². The molecular formula is C26H31ClN4O2S. The molecule has 1 saturated heterocycles. The van der Waals surface area contributed by atoms with Gasteiger partial charge in [-0.1, -0.05) is 29.8 Å². The lowest BCUT2D eigenvalue weighted by atomic mass is 10.1. The minimum atomic E-state index is -0.0763. The highest BCUT2D eigenvalue weighted by atomic mass is 35.5. The number of halogens is 1. The maximum Gasteiger partial charge on any atom is 0.238 e. The summed E-state index contributed by atoms with van der Waals surface area (Å²) >= 11 is 7.90. The van der Waals surface area contributed by atoms with E-state index >= 15 is 0 Å². The Labute approximate surface area is 210 Å². The minimum absolute atomic E-state index is 0.0763. The number of ketones is 1. The number of thiophene rings is 1. The van der Waals surface area contributed by atoms with E-state index in [1.165, 1.54) is 4.88 Å². The van der Waals surface area contributed by atoms with Crippen molar-refractivity contribution in [2.24, 2.45) is 0 Å². The molecule has 0 saturated carbocycles. The summed E-state index contributed by atoms with van der Waals surface area (Å²) in [7, 11) is 0. The third-order valence-corrected chi connectivity index (χ3v) is 7.65. The van der Waals surface area contributed by atoms with Crippen molar-refractivity contribution < 1.29 is 9.59 Å². The lowest BCUT2D eigenvalue weighted by Gasteiger charge is -2.33. The Balaban J connectivity index is 1.25. The fraction of sp³-hybridized carbons (Fsp3) is 0.385. The predicted octanol–water partition coefficient (Wildman–Crippen LogP) is 4.50. The smallest absolute Gasteiger partial charge is 0.238 e. The van der Waals surface area contributed by atoms with Crippen LogP contribution in [-0.4, -0.2) is 65.3 Å². The van der Waals surface area contributed by atoms with Gasteiger partial charge in [0.1, 0.15) is 0 Å². The zero-order valence-electron chi connectivity index (χ0n) is 19.7. The van der Waals surface area contributed by atoms with Crippen molar-refractivity contribution >= 4 is 40.3 Å². The molecule has 0 radical (unpaired) electrons. The number of para-hydroxylation sites is 1. The second kappa shape index (κ2) is 11.3. The zero-order chi connectivity index (χ0) is 24.1. The Morgan fingerprint density at radius 1 is 1.00 bits per heavy atom. The first-order valence-electron chi connectivity index (χ1n) is 11.6. The molecule has 0 unspecified atom stereocenters. The number of aryl methyl sites for hydroxylation is 2. The molecule has 0 bridgehead atoms. The number of Topliss-reactive ketones (excluding diaryl/α,β-unsaturated/α-hetero) is 1. The summed E-state index contributed by atoms with van der Waals surface area (Å²) in [5, 5.41) is 5.51.